The third-order valence-electron chi connectivity index (χ3n) is 4.02. The smallest absolute Gasteiger partial charge is 0.327 e. The second kappa shape index (κ2) is 6.91. The number of hydrogen-bond acceptors (Lipinski definition) is 3. The number of unbranched alkanes of at least 4 members (excludes halogenated alkanes) is 2. The third-order valence-corrected chi connectivity index (χ3v) is 4.02. The van der Waals surface area contributed by atoms with Crippen molar-refractivity contribution in [3.8, 4) is 0 Å². The van der Waals surface area contributed by atoms with Gasteiger partial charge in [0.1, 0.15) is 13.1 Å². The van der Waals surface area contributed by atoms with E-state index in [0.717, 1.165) is 43.4 Å². The molecule has 1 N–H and O–H groups in total. The number of urea groups is 1. The van der Waals surface area contributed by atoms with Crippen LogP contribution in [-0.4, -0.2) is 52.8 Å². The van der Waals surface area contributed by atoms with Gasteiger partial charge in [-0.05, 0) is 26.2 Å². The third kappa shape index (κ3) is 4.19. The summed E-state index contributed by atoms with van der Waals surface area (Å²) in [5.74, 6) is -0.515. The molecule has 1 heterocycles. The lowest BCUT2D eigenvalue weighted by atomic mass is 10.1. The molecule has 1 aliphatic carbocycles. The number of imide groups is 1. The number of nitrogens with one attached hydrogen (secondary N) is 1. The summed E-state index contributed by atoms with van der Waals surface area (Å²) in [6.45, 7) is 4.07. The lowest BCUT2D eigenvalue weighted by molar-refractivity contribution is -0.131. The highest BCUT2D eigenvalue weighted by atomic mass is 16.2. The van der Waals surface area contributed by atoms with E-state index in [1.807, 2.05) is 6.92 Å². The highest BCUT2D eigenvalue weighted by Gasteiger charge is 2.44. The summed E-state index contributed by atoms with van der Waals surface area (Å²) in [7, 11) is 0. The Bertz CT molecular complexity index is 420. The molecule has 6 nitrogen and oxygen atoms in total. The summed E-state index contributed by atoms with van der Waals surface area (Å²) in [6, 6.07) is -0.0184. The molecule has 118 valence electrons. The van der Waals surface area contributed by atoms with Crippen molar-refractivity contribution in [2.45, 2.75) is 64.5 Å². The van der Waals surface area contributed by atoms with Crippen LogP contribution in [0.1, 0.15) is 52.4 Å². The van der Waals surface area contributed by atoms with E-state index in [1.165, 1.54) is 0 Å². The number of nitrogens with zero attached hydrogens (tertiary/aromatic N) is 2. The summed E-state index contributed by atoms with van der Waals surface area (Å²) in [5.41, 5.74) is 0. The Balaban J connectivity index is 1.76. The maximum atomic E-state index is 12.1. The van der Waals surface area contributed by atoms with Gasteiger partial charge in [0.25, 0.3) is 5.91 Å². The number of amides is 4. The standard InChI is InChI=1S/C15H25N3O3/c1-3-4-5-6-11(2)16-13(19)9-18-14(20)10-17(15(18)21)12-7-8-12/h11-12H,3-10H2,1-2H3,(H,16,19). The monoisotopic (exact) mass is 295 g/mol. The van der Waals surface area contributed by atoms with Gasteiger partial charge in [-0.25, -0.2) is 4.79 Å². The molecule has 1 atom stereocenters. The van der Waals surface area contributed by atoms with Gasteiger partial charge in [0, 0.05) is 12.1 Å². The van der Waals surface area contributed by atoms with Crippen molar-refractivity contribution < 1.29 is 14.4 Å². The summed E-state index contributed by atoms with van der Waals surface area (Å²) in [6.07, 6.45) is 6.24. The lowest BCUT2D eigenvalue weighted by Crippen LogP contribution is -2.44. The van der Waals surface area contributed by atoms with Gasteiger partial charge < -0.3 is 10.2 Å². The van der Waals surface area contributed by atoms with Crippen LogP contribution in [0.4, 0.5) is 4.79 Å². The molecular weight excluding hydrogens is 270 g/mol. The predicted molar refractivity (Wildman–Crippen MR) is 78.6 cm³/mol. The van der Waals surface area contributed by atoms with E-state index in [2.05, 4.69) is 12.2 Å². The number of hydrogen-bond donors (Lipinski definition) is 1. The fraction of sp³-hybridized carbons (Fsp3) is 0.800. The molecule has 0 bridgehead atoms. The summed E-state index contributed by atoms with van der Waals surface area (Å²) in [5, 5.41) is 2.86. The second-order valence-electron chi connectivity index (χ2n) is 6.09. The van der Waals surface area contributed by atoms with Crippen LogP contribution in [0.25, 0.3) is 0 Å². The van der Waals surface area contributed by atoms with Gasteiger partial charge in [-0.1, -0.05) is 26.2 Å². The van der Waals surface area contributed by atoms with Gasteiger partial charge in [0.15, 0.2) is 0 Å². The molecule has 4 amide bonds. The van der Waals surface area contributed by atoms with Crippen LogP contribution >= 0.6 is 0 Å². The van der Waals surface area contributed by atoms with Crippen LogP contribution < -0.4 is 5.32 Å². The molecule has 2 rings (SSSR count). The molecule has 0 aromatic carbocycles. The van der Waals surface area contributed by atoms with E-state index < -0.39 is 0 Å². The highest BCUT2D eigenvalue weighted by molar-refractivity contribution is 6.04. The van der Waals surface area contributed by atoms with Crippen LogP contribution in [0.5, 0.6) is 0 Å². The van der Waals surface area contributed by atoms with Crippen LogP contribution in [0.3, 0.4) is 0 Å². The zero-order valence-electron chi connectivity index (χ0n) is 12.9. The van der Waals surface area contributed by atoms with Crippen LogP contribution in [-0.2, 0) is 9.59 Å². The Morgan fingerprint density at radius 2 is 2.05 bits per heavy atom. The van der Waals surface area contributed by atoms with Crippen molar-refractivity contribution in [2.75, 3.05) is 13.1 Å². The zero-order valence-corrected chi connectivity index (χ0v) is 12.9. The van der Waals surface area contributed by atoms with Crippen molar-refractivity contribution >= 4 is 17.8 Å². The molecule has 1 unspecified atom stereocenters. The minimum atomic E-state index is -0.309. The Hall–Kier alpha value is -1.59. The lowest BCUT2D eigenvalue weighted by Gasteiger charge is -2.18. The van der Waals surface area contributed by atoms with Gasteiger partial charge in [-0.15, -0.1) is 0 Å². The molecule has 2 aliphatic rings. The van der Waals surface area contributed by atoms with E-state index in [4.69, 9.17) is 0 Å². The Labute approximate surface area is 125 Å². The van der Waals surface area contributed by atoms with Crippen molar-refractivity contribution in [2.24, 2.45) is 0 Å². The summed E-state index contributed by atoms with van der Waals surface area (Å²) in [4.78, 5) is 38.5. The van der Waals surface area contributed by atoms with Crippen molar-refractivity contribution in [1.29, 1.82) is 0 Å². The van der Waals surface area contributed by atoms with Gasteiger partial charge in [-0.2, -0.15) is 0 Å². The minimum Gasteiger partial charge on any atom is -0.352 e. The van der Waals surface area contributed by atoms with Gasteiger partial charge >= 0.3 is 6.03 Å². The molecule has 1 saturated heterocycles. The van der Waals surface area contributed by atoms with E-state index >= 15 is 0 Å². The quantitative estimate of drug-likeness (QED) is 0.545. The Kier molecular flexibility index (Phi) is 5.20. The SMILES string of the molecule is CCCCCC(C)NC(=O)CN1C(=O)CN(C2CC2)C1=O. The van der Waals surface area contributed by atoms with Crippen LogP contribution in [0, 0.1) is 0 Å². The van der Waals surface area contributed by atoms with E-state index in [0.29, 0.717) is 0 Å². The highest BCUT2D eigenvalue weighted by Crippen LogP contribution is 2.30. The molecular formula is C15H25N3O3. The van der Waals surface area contributed by atoms with E-state index in [9.17, 15) is 14.4 Å². The first kappa shape index (κ1) is 15.8. The number of carbonyl (C=O) groups excluding carboxylic acids is 3. The van der Waals surface area contributed by atoms with Crippen LogP contribution in [0.15, 0.2) is 0 Å². The average Bonchev–Trinajstić information content (AvgIpc) is 3.22. The number of carbonyl (C=O) groups is 3. The molecule has 0 radical (unpaired) electrons. The van der Waals surface area contributed by atoms with Crippen molar-refractivity contribution in [3.63, 3.8) is 0 Å². The van der Waals surface area contributed by atoms with Crippen molar-refractivity contribution in [3.05, 3.63) is 0 Å². The molecule has 21 heavy (non-hydrogen) atoms. The first-order chi connectivity index (χ1) is 10.0. The Morgan fingerprint density at radius 1 is 1.33 bits per heavy atom. The summed E-state index contributed by atoms with van der Waals surface area (Å²) >= 11 is 0. The molecule has 0 spiro atoms. The first-order valence-electron chi connectivity index (χ1n) is 7.93. The maximum absolute atomic E-state index is 12.1. The fourth-order valence-electron chi connectivity index (χ4n) is 2.62. The largest absolute Gasteiger partial charge is 0.352 e. The van der Waals surface area contributed by atoms with E-state index in [-0.39, 0.29) is 43.0 Å². The topological polar surface area (TPSA) is 69.7 Å². The zero-order chi connectivity index (χ0) is 15.4. The predicted octanol–water partition coefficient (Wildman–Crippen LogP) is 1.50. The minimum absolute atomic E-state index is 0.0800. The molecule has 0 aromatic heterocycles. The molecule has 0 aromatic rings. The maximum Gasteiger partial charge on any atom is 0.327 e. The average molecular weight is 295 g/mol. The van der Waals surface area contributed by atoms with Crippen LogP contribution in [0.2, 0.25) is 0 Å². The van der Waals surface area contributed by atoms with Gasteiger partial charge in [-0.3, -0.25) is 14.5 Å². The second-order valence-corrected chi connectivity index (χ2v) is 6.09. The fourth-order valence-corrected chi connectivity index (χ4v) is 2.62. The molecule has 2 fully saturated rings. The van der Waals surface area contributed by atoms with Gasteiger partial charge in [0.05, 0.1) is 0 Å². The normalized spacial score (nSPS) is 20.1. The van der Waals surface area contributed by atoms with Gasteiger partial charge in [0.2, 0.25) is 5.91 Å². The first-order valence-corrected chi connectivity index (χ1v) is 7.93. The van der Waals surface area contributed by atoms with E-state index in [1.54, 1.807) is 4.90 Å². The Morgan fingerprint density at radius 3 is 2.67 bits per heavy atom. The molecule has 1 saturated carbocycles. The summed E-state index contributed by atoms with van der Waals surface area (Å²) < 4.78 is 0. The molecule has 1 aliphatic heterocycles. The molecule has 6 heteroatoms. The van der Waals surface area contributed by atoms with Crippen molar-refractivity contribution in [1.82, 2.24) is 15.1 Å². The number of rotatable bonds is 8.